The Morgan fingerprint density at radius 1 is 1.37 bits per heavy atom. The molecular weight excluding hydrogens is 504 g/mol. The van der Waals surface area contributed by atoms with Gasteiger partial charge in [0.2, 0.25) is 0 Å². The molecule has 0 unspecified atom stereocenters. The zero-order valence-corrected chi connectivity index (χ0v) is 22.2. The van der Waals surface area contributed by atoms with Crippen molar-refractivity contribution in [2.75, 3.05) is 32.1 Å². The maximum atomic E-state index is 10.0. The van der Waals surface area contributed by atoms with Crippen LogP contribution in [-0.2, 0) is 13.1 Å². The molecule has 0 saturated heterocycles. The zero-order valence-electron chi connectivity index (χ0n) is 21.4. The van der Waals surface area contributed by atoms with Gasteiger partial charge >= 0.3 is 0 Å². The fourth-order valence-corrected chi connectivity index (χ4v) is 4.49. The number of ether oxygens (including phenoxy) is 1. The van der Waals surface area contributed by atoms with Crippen LogP contribution in [0.2, 0.25) is 5.02 Å². The third-order valence-electron chi connectivity index (χ3n) is 6.16. The first kappa shape index (κ1) is 27.0. The maximum absolute atomic E-state index is 10.0. The predicted molar refractivity (Wildman–Crippen MR) is 147 cm³/mol. The highest BCUT2D eigenvalue weighted by Gasteiger charge is 2.27. The number of pyridine rings is 1. The first-order valence-electron chi connectivity index (χ1n) is 12.0. The number of hydrogen-bond donors (Lipinski definition) is 3. The van der Waals surface area contributed by atoms with Crippen LogP contribution in [-0.4, -0.2) is 59.1 Å². The van der Waals surface area contributed by atoms with Crippen molar-refractivity contribution < 1.29 is 9.84 Å². The Morgan fingerprint density at radius 3 is 2.87 bits per heavy atom. The SMILES string of the molecule is CN=C(C(C#N)=CN)c1nc(-c2cc(OC[C@H](O)CNC)ccc2Cl)nc(N2Cc3cccnc3C2)c1C. The van der Waals surface area contributed by atoms with Crippen LogP contribution in [0.15, 0.2) is 53.3 Å². The summed E-state index contributed by atoms with van der Waals surface area (Å²) in [6.45, 7) is 3.59. The summed E-state index contributed by atoms with van der Waals surface area (Å²) in [5, 5.41) is 23.0. The number of hydrogen-bond acceptors (Lipinski definition) is 10. The number of benzene rings is 1. The van der Waals surface area contributed by atoms with Gasteiger partial charge in [0.15, 0.2) is 5.82 Å². The number of aromatic nitrogens is 3. The van der Waals surface area contributed by atoms with Gasteiger partial charge in [-0.15, -0.1) is 0 Å². The topological polar surface area (TPSA) is 146 Å². The first-order valence-corrected chi connectivity index (χ1v) is 12.4. The number of aliphatic imine (C=N–C) groups is 1. The van der Waals surface area contributed by atoms with Gasteiger partial charge in [-0.1, -0.05) is 17.7 Å². The lowest BCUT2D eigenvalue weighted by Gasteiger charge is -2.22. The average molecular weight is 533 g/mol. The van der Waals surface area contributed by atoms with E-state index in [4.69, 9.17) is 32.0 Å². The van der Waals surface area contributed by atoms with E-state index in [9.17, 15) is 10.4 Å². The summed E-state index contributed by atoms with van der Waals surface area (Å²) in [7, 11) is 3.35. The molecule has 38 heavy (non-hydrogen) atoms. The second-order valence-electron chi connectivity index (χ2n) is 8.74. The number of allylic oxidation sites excluding steroid dienone is 1. The molecule has 10 nitrogen and oxygen atoms in total. The summed E-state index contributed by atoms with van der Waals surface area (Å²) >= 11 is 6.62. The lowest BCUT2D eigenvalue weighted by molar-refractivity contribution is 0.108. The molecule has 3 aromatic rings. The lowest BCUT2D eigenvalue weighted by Crippen LogP contribution is -2.29. The molecule has 3 heterocycles. The molecule has 11 heteroatoms. The summed E-state index contributed by atoms with van der Waals surface area (Å²) in [5.41, 5.74) is 10.1. The first-order chi connectivity index (χ1) is 18.4. The zero-order chi connectivity index (χ0) is 27.2. The van der Waals surface area contributed by atoms with E-state index in [1.807, 2.05) is 19.1 Å². The number of nitrogens with one attached hydrogen (secondary N) is 1. The monoisotopic (exact) mass is 532 g/mol. The Balaban J connectivity index is 1.83. The van der Waals surface area contributed by atoms with Crippen LogP contribution in [0.4, 0.5) is 5.82 Å². The largest absolute Gasteiger partial charge is 0.491 e. The number of fused-ring (bicyclic) bond motifs is 1. The number of rotatable bonds is 9. The third-order valence-corrected chi connectivity index (χ3v) is 6.49. The second kappa shape index (κ2) is 12.0. The van der Waals surface area contributed by atoms with Crippen LogP contribution in [0.1, 0.15) is 22.5 Å². The van der Waals surface area contributed by atoms with Gasteiger partial charge in [-0.3, -0.25) is 9.98 Å². The van der Waals surface area contributed by atoms with E-state index in [1.165, 1.54) is 6.20 Å². The molecule has 0 fully saturated rings. The Hall–Kier alpha value is -4.04. The van der Waals surface area contributed by atoms with Crippen LogP contribution in [0.3, 0.4) is 0 Å². The van der Waals surface area contributed by atoms with Crippen molar-refractivity contribution in [3.63, 3.8) is 0 Å². The Morgan fingerprint density at radius 2 is 2.18 bits per heavy atom. The molecule has 1 aliphatic heterocycles. The molecule has 1 aliphatic rings. The summed E-state index contributed by atoms with van der Waals surface area (Å²) in [6, 6.07) is 11.2. The lowest BCUT2D eigenvalue weighted by atomic mass is 10.0. The van der Waals surface area contributed by atoms with Crippen molar-refractivity contribution in [1.82, 2.24) is 20.3 Å². The van der Waals surface area contributed by atoms with Crippen molar-refractivity contribution in [2.24, 2.45) is 10.7 Å². The highest BCUT2D eigenvalue weighted by atomic mass is 35.5. The van der Waals surface area contributed by atoms with E-state index < -0.39 is 6.10 Å². The fraction of sp³-hybridized carbons (Fsp3) is 0.296. The summed E-state index contributed by atoms with van der Waals surface area (Å²) in [5.74, 6) is 1.52. The van der Waals surface area contributed by atoms with Crippen molar-refractivity contribution in [1.29, 1.82) is 5.26 Å². The quantitative estimate of drug-likeness (QED) is 0.279. The van der Waals surface area contributed by atoms with Crippen LogP contribution in [0, 0.1) is 18.3 Å². The highest BCUT2D eigenvalue weighted by Crippen LogP contribution is 2.35. The van der Waals surface area contributed by atoms with Crippen LogP contribution in [0.25, 0.3) is 11.4 Å². The van der Waals surface area contributed by atoms with Crippen molar-refractivity contribution in [3.8, 4) is 23.2 Å². The number of aliphatic hydroxyl groups is 1. The van der Waals surface area contributed by atoms with E-state index >= 15 is 0 Å². The molecular formula is C27H29ClN8O2. The van der Waals surface area contributed by atoms with Gasteiger partial charge in [0.05, 0.1) is 28.5 Å². The van der Waals surface area contributed by atoms with E-state index in [0.29, 0.717) is 59.0 Å². The average Bonchev–Trinajstić information content (AvgIpc) is 3.36. The third kappa shape index (κ3) is 5.60. The summed E-state index contributed by atoms with van der Waals surface area (Å²) in [4.78, 5) is 20.7. The Kier molecular flexibility index (Phi) is 8.53. The molecule has 0 amide bonds. The molecule has 4 rings (SSSR count). The van der Waals surface area contributed by atoms with E-state index in [2.05, 4.69) is 26.3 Å². The minimum atomic E-state index is -0.672. The minimum Gasteiger partial charge on any atom is -0.491 e. The molecule has 0 radical (unpaired) electrons. The molecule has 4 N–H and O–H groups in total. The normalized spacial score (nSPS) is 14.3. The number of nitriles is 1. The van der Waals surface area contributed by atoms with Crippen molar-refractivity contribution in [2.45, 2.75) is 26.1 Å². The van der Waals surface area contributed by atoms with E-state index in [1.54, 1.807) is 38.5 Å². The Bertz CT molecular complexity index is 1410. The molecule has 0 aliphatic carbocycles. The van der Waals surface area contributed by atoms with Gasteiger partial charge in [-0.2, -0.15) is 5.26 Å². The Labute approximate surface area is 226 Å². The van der Waals surface area contributed by atoms with Crippen molar-refractivity contribution >= 4 is 23.1 Å². The van der Waals surface area contributed by atoms with Crippen LogP contribution < -0.4 is 20.7 Å². The van der Waals surface area contributed by atoms with E-state index in [-0.39, 0.29) is 12.2 Å². The van der Waals surface area contributed by atoms with Gasteiger partial charge in [0.25, 0.3) is 0 Å². The molecule has 0 saturated carbocycles. The van der Waals surface area contributed by atoms with Gasteiger partial charge < -0.3 is 25.8 Å². The minimum absolute atomic E-state index is 0.103. The number of nitrogens with zero attached hydrogens (tertiary/aromatic N) is 6. The van der Waals surface area contributed by atoms with Crippen LogP contribution >= 0.6 is 11.6 Å². The standard InChI is InChI=1S/C27H29ClN8O2/c1-16-24(25(32-3)18(10-29)11-30)34-26(35-27(16)36-13-17-5-4-8-33-23(17)14-36)21-9-20(6-7-22(21)28)38-15-19(37)12-31-2/h4-10,19,31,37H,12-15,29H2,1-3H3/t19-/m1/s1. The fourth-order valence-electron chi connectivity index (χ4n) is 4.29. The van der Waals surface area contributed by atoms with E-state index in [0.717, 1.165) is 16.8 Å². The predicted octanol–water partition coefficient (Wildman–Crippen LogP) is 2.76. The van der Waals surface area contributed by atoms with Gasteiger partial charge in [0, 0.05) is 43.7 Å². The number of nitrogens with two attached hydrogens (primary N) is 1. The second-order valence-corrected chi connectivity index (χ2v) is 9.15. The molecule has 1 atom stereocenters. The number of aliphatic hydroxyl groups excluding tert-OH is 1. The number of anilines is 1. The molecule has 196 valence electrons. The van der Waals surface area contributed by atoms with Gasteiger partial charge in [-0.25, -0.2) is 9.97 Å². The van der Waals surface area contributed by atoms with Gasteiger partial charge in [0.1, 0.15) is 36.1 Å². The molecule has 0 bridgehead atoms. The highest BCUT2D eigenvalue weighted by molar-refractivity contribution is 6.33. The molecule has 0 spiro atoms. The van der Waals surface area contributed by atoms with Crippen LogP contribution in [0.5, 0.6) is 5.75 Å². The maximum Gasteiger partial charge on any atom is 0.163 e. The smallest absolute Gasteiger partial charge is 0.163 e. The van der Waals surface area contributed by atoms with Crippen molar-refractivity contribution in [3.05, 3.63) is 75.8 Å². The molecule has 2 aromatic heterocycles. The molecule has 1 aromatic carbocycles. The summed E-state index contributed by atoms with van der Waals surface area (Å²) in [6.07, 6.45) is 2.32. The summed E-state index contributed by atoms with van der Waals surface area (Å²) < 4.78 is 5.79. The van der Waals surface area contributed by atoms with Gasteiger partial charge in [-0.05, 0) is 43.8 Å². The number of likely N-dealkylation sites (N-methyl/N-ethyl adjacent to an activating group) is 1. The number of halogens is 1.